The highest BCUT2D eigenvalue weighted by Gasteiger charge is 2.30. The molecule has 2 aromatic carbocycles. The third kappa shape index (κ3) is 6.78. The maximum Gasteiger partial charge on any atom is 0.573 e. The predicted octanol–water partition coefficient (Wildman–Crippen LogP) is 4.14. The molecule has 0 radical (unpaired) electrons. The first-order valence-corrected chi connectivity index (χ1v) is 7.91. The molecule has 0 unspecified atom stereocenters. The second-order valence-electron chi connectivity index (χ2n) is 5.25. The van der Waals surface area contributed by atoms with Crippen molar-refractivity contribution in [1.29, 1.82) is 0 Å². The van der Waals surface area contributed by atoms with Crippen molar-refractivity contribution >= 4 is 29.1 Å². The van der Waals surface area contributed by atoms with Gasteiger partial charge in [0.15, 0.2) is 0 Å². The number of amides is 2. The first-order chi connectivity index (χ1) is 12.6. The minimum absolute atomic E-state index is 0.0202. The molecule has 2 aromatic rings. The Morgan fingerprint density at radius 2 is 1.74 bits per heavy atom. The van der Waals surface area contributed by atoms with Crippen LogP contribution in [0.5, 0.6) is 5.75 Å². The summed E-state index contributed by atoms with van der Waals surface area (Å²) < 4.78 is 52.9. The van der Waals surface area contributed by atoms with Crippen LogP contribution in [-0.4, -0.2) is 24.7 Å². The summed E-state index contributed by atoms with van der Waals surface area (Å²) in [7, 11) is 0. The van der Waals surface area contributed by atoms with Gasteiger partial charge in [-0.25, -0.2) is 4.39 Å². The molecule has 0 heterocycles. The highest BCUT2D eigenvalue weighted by molar-refractivity contribution is 6.33. The van der Waals surface area contributed by atoms with Crippen LogP contribution in [0.1, 0.15) is 16.8 Å². The Labute approximate surface area is 156 Å². The van der Waals surface area contributed by atoms with Crippen molar-refractivity contribution in [3.8, 4) is 5.75 Å². The first-order valence-electron chi connectivity index (χ1n) is 7.53. The number of nitrogens with one attached hydrogen (secondary N) is 2. The van der Waals surface area contributed by atoms with Gasteiger partial charge in [0, 0.05) is 18.7 Å². The van der Waals surface area contributed by atoms with Crippen LogP contribution in [0.3, 0.4) is 0 Å². The SMILES string of the molecule is O=C(CCNC(=O)c1ccc(F)cc1Cl)Nc1ccc(OC(F)(F)F)cc1. The molecule has 0 spiro atoms. The molecular weight excluding hydrogens is 392 g/mol. The Kier molecular flexibility index (Phi) is 6.62. The van der Waals surface area contributed by atoms with Gasteiger partial charge in [-0.15, -0.1) is 13.2 Å². The van der Waals surface area contributed by atoms with Crippen molar-refractivity contribution in [2.45, 2.75) is 12.8 Å². The van der Waals surface area contributed by atoms with E-state index in [9.17, 15) is 27.2 Å². The Bertz CT molecular complexity index is 826. The number of anilines is 1. The first kappa shape index (κ1) is 20.5. The molecule has 0 aliphatic rings. The molecule has 0 atom stereocenters. The summed E-state index contributed by atoms with van der Waals surface area (Å²) in [4.78, 5) is 23.7. The fourth-order valence-corrected chi connectivity index (χ4v) is 2.27. The normalized spacial score (nSPS) is 11.0. The van der Waals surface area contributed by atoms with E-state index < -0.39 is 29.7 Å². The summed E-state index contributed by atoms with van der Waals surface area (Å²) in [5.74, 6) is -2.03. The number of alkyl halides is 3. The summed E-state index contributed by atoms with van der Waals surface area (Å²) in [5, 5.41) is 4.86. The lowest BCUT2D eigenvalue weighted by Crippen LogP contribution is -2.27. The minimum atomic E-state index is -4.80. The maximum absolute atomic E-state index is 12.9. The molecule has 0 bridgehead atoms. The minimum Gasteiger partial charge on any atom is -0.406 e. The van der Waals surface area contributed by atoms with Crippen molar-refractivity contribution in [3.05, 3.63) is 58.9 Å². The lowest BCUT2D eigenvalue weighted by atomic mass is 10.2. The number of halogens is 5. The number of carbonyl (C=O) groups is 2. The monoisotopic (exact) mass is 404 g/mol. The van der Waals surface area contributed by atoms with Crippen LogP contribution in [-0.2, 0) is 4.79 Å². The van der Waals surface area contributed by atoms with Crippen LogP contribution in [0, 0.1) is 5.82 Å². The largest absolute Gasteiger partial charge is 0.573 e. The van der Waals surface area contributed by atoms with Gasteiger partial charge in [0.2, 0.25) is 5.91 Å². The van der Waals surface area contributed by atoms with Gasteiger partial charge in [-0.2, -0.15) is 0 Å². The molecule has 2 amide bonds. The van der Waals surface area contributed by atoms with Gasteiger partial charge in [0.25, 0.3) is 5.91 Å². The van der Waals surface area contributed by atoms with Crippen molar-refractivity contribution < 1.29 is 31.9 Å². The number of ether oxygens (including phenoxy) is 1. The Morgan fingerprint density at radius 3 is 2.33 bits per heavy atom. The molecule has 27 heavy (non-hydrogen) atoms. The van der Waals surface area contributed by atoms with Gasteiger partial charge < -0.3 is 15.4 Å². The molecule has 0 aliphatic carbocycles. The zero-order valence-electron chi connectivity index (χ0n) is 13.6. The molecular formula is C17H13ClF4N2O3. The topological polar surface area (TPSA) is 67.4 Å². The fraction of sp³-hybridized carbons (Fsp3) is 0.176. The number of hydrogen-bond donors (Lipinski definition) is 2. The molecule has 2 rings (SSSR count). The fourth-order valence-electron chi connectivity index (χ4n) is 2.02. The molecule has 2 N–H and O–H groups in total. The van der Waals surface area contributed by atoms with E-state index in [-0.39, 0.29) is 29.2 Å². The van der Waals surface area contributed by atoms with Crippen molar-refractivity contribution in [2.24, 2.45) is 0 Å². The third-order valence-corrected chi connectivity index (χ3v) is 3.50. The van der Waals surface area contributed by atoms with E-state index in [0.717, 1.165) is 24.3 Å². The van der Waals surface area contributed by atoms with Crippen molar-refractivity contribution in [2.75, 3.05) is 11.9 Å². The molecule has 5 nitrogen and oxygen atoms in total. The van der Waals surface area contributed by atoms with Gasteiger partial charge in [0.05, 0.1) is 10.6 Å². The van der Waals surface area contributed by atoms with Gasteiger partial charge in [-0.1, -0.05) is 11.6 Å². The van der Waals surface area contributed by atoms with E-state index >= 15 is 0 Å². The predicted molar refractivity (Wildman–Crippen MR) is 90.1 cm³/mol. The zero-order valence-corrected chi connectivity index (χ0v) is 14.3. The second-order valence-corrected chi connectivity index (χ2v) is 5.66. The average Bonchev–Trinajstić information content (AvgIpc) is 2.55. The van der Waals surface area contributed by atoms with Crippen LogP contribution >= 0.6 is 11.6 Å². The molecule has 0 fully saturated rings. The van der Waals surface area contributed by atoms with Crippen LogP contribution in [0.15, 0.2) is 42.5 Å². The van der Waals surface area contributed by atoms with Gasteiger partial charge >= 0.3 is 6.36 Å². The van der Waals surface area contributed by atoms with E-state index in [1.165, 1.54) is 18.2 Å². The van der Waals surface area contributed by atoms with Gasteiger partial charge in [-0.05, 0) is 42.5 Å². The average molecular weight is 405 g/mol. The Hall–Kier alpha value is -2.81. The second kappa shape index (κ2) is 8.72. The summed E-state index contributed by atoms with van der Waals surface area (Å²) in [6.07, 6.45) is -4.89. The highest BCUT2D eigenvalue weighted by Crippen LogP contribution is 2.24. The number of carbonyl (C=O) groups excluding carboxylic acids is 2. The lowest BCUT2D eigenvalue weighted by molar-refractivity contribution is -0.274. The number of hydrogen-bond acceptors (Lipinski definition) is 3. The maximum atomic E-state index is 12.9. The van der Waals surface area contributed by atoms with E-state index in [2.05, 4.69) is 15.4 Å². The highest BCUT2D eigenvalue weighted by atomic mass is 35.5. The molecule has 0 saturated heterocycles. The zero-order chi connectivity index (χ0) is 20.0. The van der Waals surface area contributed by atoms with E-state index in [0.29, 0.717) is 0 Å². The summed E-state index contributed by atoms with van der Waals surface area (Å²) >= 11 is 5.77. The van der Waals surface area contributed by atoms with Crippen LogP contribution in [0.25, 0.3) is 0 Å². The van der Waals surface area contributed by atoms with Gasteiger partial charge in [-0.3, -0.25) is 9.59 Å². The molecule has 0 saturated carbocycles. The summed E-state index contributed by atoms with van der Waals surface area (Å²) in [6, 6.07) is 7.90. The van der Waals surface area contributed by atoms with E-state index in [4.69, 9.17) is 11.6 Å². The lowest BCUT2D eigenvalue weighted by Gasteiger charge is -2.10. The van der Waals surface area contributed by atoms with Crippen LogP contribution < -0.4 is 15.4 Å². The molecule has 0 aromatic heterocycles. The Balaban J connectivity index is 1.80. The standard InChI is InChI=1S/C17H13ClF4N2O3/c18-14-9-10(19)1-6-13(14)16(26)23-8-7-15(25)24-11-2-4-12(5-3-11)27-17(20,21)22/h1-6,9H,7-8H2,(H,23,26)(H,24,25). The van der Waals surface area contributed by atoms with Crippen LogP contribution in [0.4, 0.5) is 23.2 Å². The van der Waals surface area contributed by atoms with Crippen LogP contribution in [0.2, 0.25) is 5.02 Å². The molecule has 10 heteroatoms. The number of rotatable bonds is 6. The smallest absolute Gasteiger partial charge is 0.406 e. The Morgan fingerprint density at radius 1 is 1.07 bits per heavy atom. The summed E-state index contributed by atoms with van der Waals surface area (Å²) in [5.41, 5.74) is 0.334. The molecule has 144 valence electrons. The van der Waals surface area contributed by atoms with E-state index in [1.54, 1.807) is 0 Å². The number of benzene rings is 2. The van der Waals surface area contributed by atoms with Gasteiger partial charge in [0.1, 0.15) is 11.6 Å². The van der Waals surface area contributed by atoms with Crippen molar-refractivity contribution in [3.63, 3.8) is 0 Å². The van der Waals surface area contributed by atoms with Crippen molar-refractivity contribution in [1.82, 2.24) is 5.32 Å². The summed E-state index contributed by atoms with van der Waals surface area (Å²) in [6.45, 7) is -0.0202. The molecule has 0 aliphatic heterocycles. The third-order valence-electron chi connectivity index (χ3n) is 3.19. The quantitative estimate of drug-likeness (QED) is 0.711. The van der Waals surface area contributed by atoms with E-state index in [1.807, 2.05) is 0 Å².